The van der Waals surface area contributed by atoms with Gasteiger partial charge < -0.3 is 9.26 Å². The SMILES string of the molecule is CC1COCCC1c1nc(-c2ccc(S(C)(=O)=O)cc2)no1. The summed E-state index contributed by atoms with van der Waals surface area (Å²) in [5.41, 5.74) is 0.738. The van der Waals surface area contributed by atoms with E-state index in [0.717, 1.165) is 12.0 Å². The third-order valence-electron chi connectivity index (χ3n) is 3.94. The lowest BCUT2D eigenvalue weighted by atomic mass is 9.90. The molecule has 2 heterocycles. The van der Waals surface area contributed by atoms with Gasteiger partial charge >= 0.3 is 0 Å². The molecule has 6 nitrogen and oxygen atoms in total. The molecule has 0 aliphatic carbocycles. The van der Waals surface area contributed by atoms with Crippen LogP contribution >= 0.6 is 0 Å². The molecule has 3 rings (SSSR count). The van der Waals surface area contributed by atoms with E-state index >= 15 is 0 Å². The van der Waals surface area contributed by atoms with Crippen LogP contribution in [0.2, 0.25) is 0 Å². The van der Waals surface area contributed by atoms with E-state index < -0.39 is 9.84 Å². The average Bonchev–Trinajstić information content (AvgIpc) is 2.96. The minimum Gasteiger partial charge on any atom is -0.381 e. The zero-order valence-corrected chi connectivity index (χ0v) is 13.3. The topological polar surface area (TPSA) is 82.3 Å². The molecule has 0 N–H and O–H groups in total. The number of benzene rings is 1. The normalized spacial score (nSPS) is 22.6. The summed E-state index contributed by atoms with van der Waals surface area (Å²) in [5.74, 6) is 1.66. The van der Waals surface area contributed by atoms with Crippen LogP contribution in [-0.4, -0.2) is 38.0 Å². The molecule has 22 heavy (non-hydrogen) atoms. The maximum Gasteiger partial charge on any atom is 0.230 e. The Balaban J connectivity index is 1.84. The van der Waals surface area contributed by atoms with Crippen molar-refractivity contribution < 1.29 is 17.7 Å². The van der Waals surface area contributed by atoms with E-state index in [4.69, 9.17) is 9.26 Å². The van der Waals surface area contributed by atoms with Gasteiger partial charge in [-0.05, 0) is 36.6 Å². The number of hydrogen-bond acceptors (Lipinski definition) is 6. The lowest BCUT2D eigenvalue weighted by Gasteiger charge is -2.25. The van der Waals surface area contributed by atoms with Crippen LogP contribution < -0.4 is 0 Å². The summed E-state index contributed by atoms with van der Waals surface area (Å²) in [4.78, 5) is 4.74. The van der Waals surface area contributed by atoms with Crippen LogP contribution in [0.5, 0.6) is 0 Å². The maximum atomic E-state index is 11.5. The fourth-order valence-corrected chi connectivity index (χ4v) is 3.23. The minimum absolute atomic E-state index is 0.213. The Hall–Kier alpha value is -1.73. The van der Waals surface area contributed by atoms with Crippen LogP contribution in [0.15, 0.2) is 33.7 Å². The van der Waals surface area contributed by atoms with Gasteiger partial charge in [0.25, 0.3) is 0 Å². The number of ether oxygens (including phenoxy) is 1. The molecule has 2 atom stereocenters. The highest BCUT2D eigenvalue weighted by atomic mass is 32.2. The van der Waals surface area contributed by atoms with Gasteiger partial charge in [-0.2, -0.15) is 4.98 Å². The molecular weight excluding hydrogens is 304 g/mol. The summed E-state index contributed by atoms with van der Waals surface area (Å²) in [6.45, 7) is 3.51. The molecule has 1 aromatic heterocycles. The first kappa shape index (κ1) is 15.2. The molecule has 1 aliphatic rings. The molecular formula is C15H18N2O4S. The van der Waals surface area contributed by atoms with Gasteiger partial charge in [-0.3, -0.25) is 0 Å². The van der Waals surface area contributed by atoms with Crippen molar-refractivity contribution in [1.82, 2.24) is 10.1 Å². The van der Waals surface area contributed by atoms with Crippen molar-refractivity contribution in [2.75, 3.05) is 19.5 Å². The first-order valence-electron chi connectivity index (χ1n) is 7.17. The Morgan fingerprint density at radius 2 is 1.95 bits per heavy atom. The molecule has 0 bridgehead atoms. The van der Waals surface area contributed by atoms with Gasteiger partial charge in [0.2, 0.25) is 11.7 Å². The van der Waals surface area contributed by atoms with Crippen LogP contribution in [-0.2, 0) is 14.6 Å². The summed E-state index contributed by atoms with van der Waals surface area (Å²) >= 11 is 0. The number of aromatic nitrogens is 2. The monoisotopic (exact) mass is 322 g/mol. The fraction of sp³-hybridized carbons (Fsp3) is 0.467. The first-order chi connectivity index (χ1) is 10.4. The largest absolute Gasteiger partial charge is 0.381 e. The number of rotatable bonds is 3. The van der Waals surface area contributed by atoms with Crippen LogP contribution in [0.4, 0.5) is 0 Å². The van der Waals surface area contributed by atoms with Crippen molar-refractivity contribution in [1.29, 1.82) is 0 Å². The van der Waals surface area contributed by atoms with Crippen LogP contribution in [0.25, 0.3) is 11.4 Å². The summed E-state index contributed by atoms with van der Waals surface area (Å²) < 4.78 is 33.7. The standard InChI is InChI=1S/C15H18N2O4S/c1-10-9-20-8-7-13(10)15-16-14(17-21-15)11-3-5-12(6-4-11)22(2,18)19/h3-6,10,13H,7-9H2,1-2H3. The van der Waals surface area contributed by atoms with E-state index in [1.807, 2.05) is 0 Å². The predicted octanol–water partition coefficient (Wildman–Crippen LogP) is 2.28. The van der Waals surface area contributed by atoms with Crippen molar-refractivity contribution in [2.24, 2.45) is 5.92 Å². The summed E-state index contributed by atoms with van der Waals surface area (Å²) in [7, 11) is -3.20. The second-order valence-corrected chi connectivity index (χ2v) is 7.72. The molecule has 0 spiro atoms. The van der Waals surface area contributed by atoms with Crippen molar-refractivity contribution >= 4 is 9.84 Å². The van der Waals surface area contributed by atoms with Gasteiger partial charge in [-0.1, -0.05) is 12.1 Å². The van der Waals surface area contributed by atoms with E-state index in [1.54, 1.807) is 24.3 Å². The Labute approximate surface area is 129 Å². The van der Waals surface area contributed by atoms with Gasteiger partial charge in [-0.15, -0.1) is 0 Å². The molecule has 118 valence electrons. The van der Waals surface area contributed by atoms with E-state index in [0.29, 0.717) is 30.8 Å². The van der Waals surface area contributed by atoms with Crippen LogP contribution in [0.1, 0.15) is 25.2 Å². The fourth-order valence-electron chi connectivity index (χ4n) is 2.60. The van der Waals surface area contributed by atoms with Crippen molar-refractivity contribution in [3.63, 3.8) is 0 Å². The summed E-state index contributed by atoms with van der Waals surface area (Å²) in [6, 6.07) is 6.49. The summed E-state index contributed by atoms with van der Waals surface area (Å²) in [5, 5.41) is 4.01. The zero-order valence-electron chi connectivity index (χ0n) is 12.5. The van der Waals surface area contributed by atoms with Crippen molar-refractivity contribution in [3.8, 4) is 11.4 Å². The summed E-state index contributed by atoms with van der Waals surface area (Å²) in [6.07, 6.45) is 2.05. The van der Waals surface area contributed by atoms with Crippen LogP contribution in [0.3, 0.4) is 0 Å². The number of nitrogens with zero attached hydrogens (tertiary/aromatic N) is 2. The molecule has 2 unspecified atom stereocenters. The number of sulfone groups is 1. The third kappa shape index (κ3) is 3.05. The van der Waals surface area contributed by atoms with E-state index in [2.05, 4.69) is 17.1 Å². The van der Waals surface area contributed by atoms with Gasteiger partial charge in [0, 0.05) is 31.0 Å². The lowest BCUT2D eigenvalue weighted by Crippen LogP contribution is -2.23. The molecule has 0 radical (unpaired) electrons. The van der Waals surface area contributed by atoms with Gasteiger partial charge in [-0.25, -0.2) is 8.42 Å². The maximum absolute atomic E-state index is 11.5. The highest BCUT2D eigenvalue weighted by molar-refractivity contribution is 7.90. The van der Waals surface area contributed by atoms with E-state index in [1.165, 1.54) is 6.26 Å². The smallest absolute Gasteiger partial charge is 0.230 e. The van der Waals surface area contributed by atoms with E-state index in [9.17, 15) is 8.42 Å². The Morgan fingerprint density at radius 1 is 1.23 bits per heavy atom. The average molecular weight is 322 g/mol. The zero-order chi connectivity index (χ0) is 15.7. The minimum atomic E-state index is -3.20. The van der Waals surface area contributed by atoms with E-state index in [-0.39, 0.29) is 10.8 Å². The third-order valence-corrected chi connectivity index (χ3v) is 5.07. The highest BCUT2D eigenvalue weighted by Gasteiger charge is 2.28. The molecule has 1 fully saturated rings. The quantitative estimate of drug-likeness (QED) is 0.862. The molecule has 1 saturated heterocycles. The van der Waals surface area contributed by atoms with Gasteiger partial charge in [0.1, 0.15) is 0 Å². The van der Waals surface area contributed by atoms with Gasteiger partial charge in [0.15, 0.2) is 9.84 Å². The molecule has 0 saturated carbocycles. The molecule has 0 amide bonds. The molecule has 1 aromatic carbocycles. The lowest BCUT2D eigenvalue weighted by molar-refractivity contribution is 0.0392. The molecule has 7 heteroatoms. The second-order valence-electron chi connectivity index (χ2n) is 5.70. The Morgan fingerprint density at radius 3 is 2.59 bits per heavy atom. The Kier molecular flexibility index (Phi) is 4.01. The molecule has 2 aromatic rings. The van der Waals surface area contributed by atoms with Crippen molar-refractivity contribution in [3.05, 3.63) is 30.2 Å². The van der Waals surface area contributed by atoms with Crippen LogP contribution in [0, 0.1) is 5.92 Å². The second kappa shape index (κ2) is 5.81. The van der Waals surface area contributed by atoms with Crippen molar-refractivity contribution in [2.45, 2.75) is 24.2 Å². The Bertz CT molecular complexity index is 752. The highest BCUT2D eigenvalue weighted by Crippen LogP contribution is 2.31. The predicted molar refractivity (Wildman–Crippen MR) is 80.2 cm³/mol. The van der Waals surface area contributed by atoms with Gasteiger partial charge in [0.05, 0.1) is 4.90 Å². The number of hydrogen-bond donors (Lipinski definition) is 0. The first-order valence-corrected chi connectivity index (χ1v) is 9.06. The molecule has 1 aliphatic heterocycles.